The van der Waals surface area contributed by atoms with Crippen molar-refractivity contribution in [1.82, 2.24) is 29.6 Å². The standard InChI is InChI=1S/C24H19N7O2/c25-13-18(16-5-2-1-3-6-16)17-7-11-30(12-8-17)24(33)22(32)19-14-26-21-20(19)27-15-28-23(21)31-10-4-9-29-31/h1-6,9-10,14-15,26H,7-8,11-12H2. The number of aromatic nitrogens is 5. The number of nitrogens with zero attached hydrogens (tertiary/aromatic N) is 6. The number of nitrogens with one attached hydrogen (secondary N) is 1. The van der Waals surface area contributed by atoms with Crippen LogP contribution in [0.3, 0.4) is 0 Å². The number of fused-ring (bicyclic) bond motifs is 1. The highest BCUT2D eigenvalue weighted by molar-refractivity contribution is 6.44. The van der Waals surface area contributed by atoms with E-state index >= 15 is 0 Å². The Hall–Kier alpha value is -4.58. The molecule has 0 atom stereocenters. The molecule has 0 radical (unpaired) electrons. The summed E-state index contributed by atoms with van der Waals surface area (Å²) in [7, 11) is 0. The van der Waals surface area contributed by atoms with E-state index in [9.17, 15) is 14.9 Å². The van der Waals surface area contributed by atoms with Gasteiger partial charge in [-0.05, 0) is 30.0 Å². The summed E-state index contributed by atoms with van der Waals surface area (Å²) < 4.78 is 1.56. The lowest BCUT2D eigenvalue weighted by atomic mass is 9.93. The second-order valence-electron chi connectivity index (χ2n) is 7.65. The number of nitriles is 1. The molecule has 4 aromatic rings. The molecule has 1 aromatic carbocycles. The van der Waals surface area contributed by atoms with Gasteiger partial charge in [0, 0.05) is 31.7 Å². The molecule has 3 aromatic heterocycles. The second kappa shape index (κ2) is 8.51. The van der Waals surface area contributed by atoms with E-state index in [0.29, 0.717) is 48.4 Å². The van der Waals surface area contributed by atoms with E-state index in [0.717, 1.165) is 11.1 Å². The number of allylic oxidation sites excluding steroid dienone is 1. The van der Waals surface area contributed by atoms with E-state index in [1.807, 2.05) is 30.3 Å². The quantitative estimate of drug-likeness (QED) is 0.298. The van der Waals surface area contributed by atoms with Gasteiger partial charge in [0.05, 0.1) is 17.2 Å². The first-order valence-corrected chi connectivity index (χ1v) is 10.5. The Kier molecular flexibility index (Phi) is 5.24. The number of piperidine rings is 1. The molecule has 0 aliphatic carbocycles. The lowest BCUT2D eigenvalue weighted by Crippen LogP contribution is -2.40. The van der Waals surface area contributed by atoms with Gasteiger partial charge in [-0.3, -0.25) is 9.59 Å². The number of aromatic amines is 1. The Morgan fingerprint density at radius 2 is 1.85 bits per heavy atom. The van der Waals surface area contributed by atoms with Crippen molar-refractivity contribution in [1.29, 1.82) is 5.26 Å². The van der Waals surface area contributed by atoms with E-state index < -0.39 is 11.7 Å². The molecule has 0 unspecified atom stereocenters. The van der Waals surface area contributed by atoms with Crippen LogP contribution in [0.1, 0.15) is 28.8 Å². The Balaban J connectivity index is 1.36. The van der Waals surface area contributed by atoms with Gasteiger partial charge in [-0.15, -0.1) is 0 Å². The van der Waals surface area contributed by atoms with Crippen molar-refractivity contribution in [3.05, 3.63) is 78.0 Å². The number of Topliss-reactive ketones (excluding diaryl/α,β-unsaturated/α-hetero) is 1. The molecule has 1 aliphatic heterocycles. The van der Waals surface area contributed by atoms with Crippen LogP contribution in [0.2, 0.25) is 0 Å². The van der Waals surface area contributed by atoms with Crippen LogP contribution in [-0.4, -0.2) is 54.4 Å². The SMILES string of the molecule is N#CC(=C1CCN(C(=O)C(=O)c2c[nH]c3c(-n4cccn4)ncnc23)CC1)c1ccccc1. The highest BCUT2D eigenvalue weighted by Gasteiger charge is 2.29. The second-order valence-corrected chi connectivity index (χ2v) is 7.65. The normalized spacial score (nSPS) is 13.7. The molecule has 0 saturated carbocycles. The highest BCUT2D eigenvalue weighted by atomic mass is 16.2. The van der Waals surface area contributed by atoms with Crippen LogP contribution in [0.5, 0.6) is 0 Å². The van der Waals surface area contributed by atoms with Crippen molar-refractivity contribution in [3.63, 3.8) is 0 Å². The minimum atomic E-state index is -0.623. The van der Waals surface area contributed by atoms with Crippen molar-refractivity contribution in [2.45, 2.75) is 12.8 Å². The molecule has 9 nitrogen and oxygen atoms in total. The number of amides is 1. The van der Waals surface area contributed by atoms with E-state index in [1.165, 1.54) is 12.5 Å². The minimum absolute atomic E-state index is 0.203. The van der Waals surface area contributed by atoms with Gasteiger partial charge in [0.1, 0.15) is 17.4 Å². The zero-order valence-electron chi connectivity index (χ0n) is 17.6. The first-order valence-electron chi connectivity index (χ1n) is 10.5. The maximum atomic E-state index is 13.1. The summed E-state index contributed by atoms with van der Waals surface area (Å²) in [6.07, 6.45) is 7.30. The third-order valence-electron chi connectivity index (χ3n) is 5.79. The zero-order chi connectivity index (χ0) is 22.8. The smallest absolute Gasteiger partial charge is 0.295 e. The summed E-state index contributed by atoms with van der Waals surface area (Å²) in [6.45, 7) is 0.765. The molecule has 1 fully saturated rings. The predicted octanol–water partition coefficient (Wildman–Crippen LogP) is 2.93. The van der Waals surface area contributed by atoms with Gasteiger partial charge in [-0.1, -0.05) is 30.3 Å². The number of hydrogen-bond donors (Lipinski definition) is 1. The molecule has 1 aliphatic rings. The maximum absolute atomic E-state index is 13.1. The molecular formula is C24H19N7O2. The fourth-order valence-corrected chi connectivity index (χ4v) is 4.11. The first-order chi connectivity index (χ1) is 16.2. The number of hydrogen-bond acceptors (Lipinski definition) is 6. The van der Waals surface area contributed by atoms with Crippen LogP contribution < -0.4 is 0 Å². The fraction of sp³-hybridized carbons (Fsp3) is 0.167. The minimum Gasteiger partial charge on any atom is -0.356 e. The Morgan fingerprint density at radius 3 is 2.55 bits per heavy atom. The number of benzene rings is 1. The van der Waals surface area contributed by atoms with Crippen molar-refractivity contribution >= 4 is 28.3 Å². The van der Waals surface area contributed by atoms with E-state index in [2.05, 4.69) is 26.1 Å². The van der Waals surface area contributed by atoms with Crippen LogP contribution >= 0.6 is 0 Å². The summed E-state index contributed by atoms with van der Waals surface area (Å²) in [5, 5.41) is 13.8. The molecule has 0 spiro atoms. The third kappa shape index (κ3) is 3.68. The molecule has 9 heteroatoms. The molecule has 1 N–H and O–H groups in total. The number of carbonyl (C=O) groups excluding carboxylic acids is 2. The summed E-state index contributed by atoms with van der Waals surface area (Å²) in [6, 6.07) is 13.6. The van der Waals surface area contributed by atoms with Crippen LogP contribution in [0.15, 0.2) is 66.9 Å². The van der Waals surface area contributed by atoms with Crippen LogP contribution in [-0.2, 0) is 4.79 Å². The Labute approximate surface area is 189 Å². The molecule has 4 heterocycles. The van der Waals surface area contributed by atoms with Gasteiger partial charge in [0.15, 0.2) is 5.82 Å². The highest BCUT2D eigenvalue weighted by Crippen LogP contribution is 2.27. The lowest BCUT2D eigenvalue weighted by molar-refractivity contribution is -0.126. The third-order valence-corrected chi connectivity index (χ3v) is 5.79. The molecule has 1 saturated heterocycles. The summed E-state index contributed by atoms with van der Waals surface area (Å²) >= 11 is 0. The van der Waals surface area contributed by atoms with Gasteiger partial charge in [-0.25, -0.2) is 14.6 Å². The van der Waals surface area contributed by atoms with Crippen molar-refractivity contribution in [2.75, 3.05) is 13.1 Å². The number of likely N-dealkylation sites (tertiary alicyclic amines) is 1. The van der Waals surface area contributed by atoms with Crippen molar-refractivity contribution < 1.29 is 9.59 Å². The molecule has 0 bridgehead atoms. The van der Waals surface area contributed by atoms with Gasteiger partial charge in [-0.2, -0.15) is 10.4 Å². The van der Waals surface area contributed by atoms with Crippen LogP contribution in [0.25, 0.3) is 22.4 Å². The monoisotopic (exact) mass is 437 g/mol. The summed E-state index contributed by atoms with van der Waals surface area (Å²) in [4.78, 5) is 39.1. The number of H-pyrrole nitrogens is 1. The molecular weight excluding hydrogens is 418 g/mol. The van der Waals surface area contributed by atoms with Crippen LogP contribution in [0, 0.1) is 11.3 Å². The molecule has 1 amide bonds. The first kappa shape index (κ1) is 20.3. The average molecular weight is 437 g/mol. The van der Waals surface area contributed by atoms with Gasteiger partial charge >= 0.3 is 0 Å². The average Bonchev–Trinajstić information content (AvgIpc) is 3.55. The zero-order valence-corrected chi connectivity index (χ0v) is 17.6. The maximum Gasteiger partial charge on any atom is 0.295 e. The van der Waals surface area contributed by atoms with E-state index in [-0.39, 0.29) is 5.56 Å². The van der Waals surface area contributed by atoms with E-state index in [4.69, 9.17) is 0 Å². The number of rotatable bonds is 4. The van der Waals surface area contributed by atoms with Gasteiger partial charge < -0.3 is 9.88 Å². The van der Waals surface area contributed by atoms with E-state index in [1.54, 1.807) is 28.0 Å². The predicted molar refractivity (Wildman–Crippen MR) is 120 cm³/mol. The summed E-state index contributed by atoms with van der Waals surface area (Å²) in [5.41, 5.74) is 3.63. The topological polar surface area (TPSA) is 121 Å². The lowest BCUT2D eigenvalue weighted by Gasteiger charge is -2.28. The molecule has 162 valence electrons. The van der Waals surface area contributed by atoms with Crippen LogP contribution in [0.4, 0.5) is 0 Å². The van der Waals surface area contributed by atoms with Crippen molar-refractivity contribution in [3.8, 4) is 11.9 Å². The number of carbonyl (C=O) groups is 2. The Bertz CT molecular complexity index is 1400. The molecule has 5 rings (SSSR count). The summed E-state index contributed by atoms with van der Waals surface area (Å²) in [5.74, 6) is -0.705. The van der Waals surface area contributed by atoms with Gasteiger partial charge in [0.2, 0.25) is 0 Å². The Morgan fingerprint density at radius 1 is 1.06 bits per heavy atom. The number of ketones is 1. The largest absolute Gasteiger partial charge is 0.356 e. The van der Waals surface area contributed by atoms with Crippen molar-refractivity contribution in [2.24, 2.45) is 0 Å². The fourth-order valence-electron chi connectivity index (χ4n) is 4.11. The molecule has 33 heavy (non-hydrogen) atoms. The van der Waals surface area contributed by atoms with Gasteiger partial charge in [0.25, 0.3) is 11.7 Å².